The highest BCUT2D eigenvalue weighted by atomic mass is 17.0. The predicted molar refractivity (Wildman–Crippen MR) is 150 cm³/mol. The van der Waals surface area contributed by atoms with Crippen LogP contribution in [0, 0.1) is 24.0 Å². The van der Waals surface area contributed by atoms with Crippen molar-refractivity contribution >= 4 is 17.8 Å². The average Bonchev–Trinajstić information content (AvgIpc) is 3.49. The second-order valence-electron chi connectivity index (χ2n) is 9.57. The van der Waals surface area contributed by atoms with Crippen LogP contribution in [0.15, 0.2) is 48.5 Å². The molecule has 4 aromatic rings. The Balaban J connectivity index is 1.25. The molecular weight excluding hydrogens is 560 g/mol. The zero-order valence-corrected chi connectivity index (χ0v) is 23.5. The summed E-state index contributed by atoms with van der Waals surface area (Å²) >= 11 is 0. The monoisotopic (exact) mass is 588 g/mol. The van der Waals surface area contributed by atoms with E-state index < -0.39 is 11.2 Å². The van der Waals surface area contributed by atoms with Crippen molar-refractivity contribution in [3.05, 3.63) is 81.3 Å². The maximum Gasteiger partial charge on any atom is 0.453 e. The number of anilines is 1. The van der Waals surface area contributed by atoms with E-state index in [0.29, 0.717) is 36.6 Å². The molecule has 0 N–H and O–H groups in total. The van der Waals surface area contributed by atoms with Crippen LogP contribution in [0.4, 0.5) is 10.6 Å². The van der Waals surface area contributed by atoms with E-state index in [1.807, 2.05) is 62.4 Å². The average molecular weight is 589 g/mol. The number of carbonyl (C=O) groups excluding carboxylic acids is 2. The Morgan fingerprint density at radius 2 is 1.72 bits per heavy atom. The highest BCUT2D eigenvalue weighted by Gasteiger charge is 2.28. The van der Waals surface area contributed by atoms with E-state index in [2.05, 4.69) is 30.2 Å². The fourth-order valence-corrected chi connectivity index (χ4v) is 4.70. The second kappa shape index (κ2) is 13.1. The lowest BCUT2D eigenvalue weighted by atomic mass is 9.98. The zero-order valence-electron chi connectivity index (χ0n) is 23.5. The molecule has 222 valence electrons. The fraction of sp³-hybridized carbons (Fsp3) is 0.321. The summed E-state index contributed by atoms with van der Waals surface area (Å²) in [6, 6.07) is 15.3. The number of nitrogens with zero attached hydrogens (tertiary/aromatic N) is 8. The Kier molecular flexibility index (Phi) is 8.90. The molecule has 43 heavy (non-hydrogen) atoms. The molecule has 3 heterocycles. The molecule has 0 atom stereocenters. The molecule has 15 heteroatoms. The third kappa shape index (κ3) is 6.95. The quantitative estimate of drug-likeness (QED) is 0.142. The van der Waals surface area contributed by atoms with Gasteiger partial charge in [0.05, 0.1) is 19.8 Å². The van der Waals surface area contributed by atoms with Crippen molar-refractivity contribution in [1.82, 2.24) is 30.2 Å². The first-order chi connectivity index (χ1) is 20.8. The lowest BCUT2D eigenvalue weighted by molar-refractivity contribution is -0.758. The molecule has 1 aliphatic rings. The number of ether oxygens (including phenoxy) is 2. The van der Waals surface area contributed by atoms with Crippen LogP contribution in [0.3, 0.4) is 0 Å². The topological polar surface area (TPSA) is 178 Å². The lowest BCUT2D eigenvalue weighted by Crippen LogP contribution is -2.36. The van der Waals surface area contributed by atoms with Gasteiger partial charge in [0.1, 0.15) is 24.9 Å². The van der Waals surface area contributed by atoms with E-state index in [1.54, 1.807) is 4.90 Å². The molecular formula is C28H28N8O7. The number of tetrazole rings is 1. The molecule has 0 aliphatic carbocycles. The van der Waals surface area contributed by atoms with Gasteiger partial charge in [-0.05, 0) is 42.2 Å². The minimum absolute atomic E-state index is 0.0125. The van der Waals surface area contributed by atoms with Gasteiger partial charge in [0.2, 0.25) is 11.7 Å². The van der Waals surface area contributed by atoms with Crippen molar-refractivity contribution in [1.29, 1.82) is 0 Å². The summed E-state index contributed by atoms with van der Waals surface area (Å²) in [5, 5.41) is 21.2. The van der Waals surface area contributed by atoms with E-state index in [0.717, 1.165) is 32.7 Å². The molecule has 0 saturated carbocycles. The van der Waals surface area contributed by atoms with Gasteiger partial charge in [0.25, 0.3) is 5.09 Å². The van der Waals surface area contributed by atoms with Crippen molar-refractivity contribution < 1.29 is 29.0 Å². The van der Waals surface area contributed by atoms with E-state index in [4.69, 9.17) is 9.47 Å². The molecule has 1 amide bonds. The van der Waals surface area contributed by atoms with Gasteiger partial charge in [-0.1, -0.05) is 53.3 Å². The second-order valence-corrected chi connectivity index (χ2v) is 9.57. The summed E-state index contributed by atoms with van der Waals surface area (Å²) in [5.41, 5.74) is 5.22. The minimum atomic E-state index is -0.916. The summed E-state index contributed by atoms with van der Waals surface area (Å²) < 4.78 is 10.2. The first-order valence-electron chi connectivity index (χ1n) is 13.5. The fourth-order valence-electron chi connectivity index (χ4n) is 4.70. The molecule has 2 aromatic heterocycles. The van der Waals surface area contributed by atoms with Crippen LogP contribution in [0.2, 0.25) is 0 Å². The number of fused-ring (bicyclic) bond motifs is 1. The Labute approximate surface area is 245 Å². The number of hydrogen-bond acceptors (Lipinski definition) is 12. The number of rotatable bonds is 11. The van der Waals surface area contributed by atoms with E-state index >= 15 is 0 Å². The molecule has 1 aliphatic heterocycles. The summed E-state index contributed by atoms with van der Waals surface area (Å²) in [6.07, 6.45) is 0.207. The van der Waals surface area contributed by atoms with Crippen molar-refractivity contribution in [2.45, 2.75) is 33.2 Å². The number of benzene rings is 2. The molecule has 0 fully saturated rings. The van der Waals surface area contributed by atoms with Crippen molar-refractivity contribution in [2.24, 2.45) is 0 Å². The molecule has 0 spiro atoms. The molecule has 0 unspecified atom stereocenters. The van der Waals surface area contributed by atoms with Crippen molar-refractivity contribution in [3.8, 4) is 22.5 Å². The van der Waals surface area contributed by atoms with Gasteiger partial charge in [-0.15, -0.1) is 20.3 Å². The van der Waals surface area contributed by atoms with Crippen LogP contribution >= 0.6 is 0 Å². The lowest BCUT2D eigenvalue weighted by Gasteiger charge is -2.29. The normalized spacial score (nSPS) is 12.6. The molecule has 0 saturated heterocycles. The first-order valence-corrected chi connectivity index (χ1v) is 13.5. The van der Waals surface area contributed by atoms with E-state index in [-0.39, 0.29) is 38.2 Å². The molecule has 0 radical (unpaired) electrons. The van der Waals surface area contributed by atoms with Gasteiger partial charge in [0.15, 0.2) is 0 Å². The number of aromatic nitrogens is 6. The number of aryl methyl sites for hydroxylation is 2. The molecule has 2 aromatic carbocycles. The van der Waals surface area contributed by atoms with Crippen LogP contribution in [0.5, 0.6) is 0 Å². The van der Waals surface area contributed by atoms with E-state index in [1.165, 1.54) is 0 Å². The smallest absolute Gasteiger partial charge is 0.444 e. The maximum atomic E-state index is 12.8. The van der Waals surface area contributed by atoms with Crippen LogP contribution in [-0.4, -0.2) is 73.7 Å². The molecule has 15 nitrogen and oxygen atoms in total. The largest absolute Gasteiger partial charge is 0.453 e. The zero-order chi connectivity index (χ0) is 30.3. The summed E-state index contributed by atoms with van der Waals surface area (Å²) in [4.78, 5) is 50.9. The Morgan fingerprint density at radius 3 is 2.49 bits per heavy atom. The first kappa shape index (κ1) is 29.2. The third-order valence-corrected chi connectivity index (χ3v) is 6.68. The minimum Gasteiger partial charge on any atom is -0.444 e. The standard InChI is InChI=1S/C28H28N8O7/c1-18-22-11-12-25(37)34(27(22)30-19(2)29-18)17-20-7-9-21(10-8-20)23-5-3-4-6-24(23)26-31-33-35(32-26)28(38)42-15-13-41-14-16-43-36(39)40/h3-10H,11-17H2,1-2H3. The van der Waals surface area contributed by atoms with Gasteiger partial charge in [-0.2, -0.15) is 0 Å². The molecule has 0 bridgehead atoms. The van der Waals surface area contributed by atoms with Crippen molar-refractivity contribution in [2.75, 3.05) is 31.3 Å². The summed E-state index contributed by atoms with van der Waals surface area (Å²) in [7, 11) is 0. The van der Waals surface area contributed by atoms with Gasteiger partial charge in [-0.25, -0.2) is 14.8 Å². The van der Waals surface area contributed by atoms with E-state index in [9.17, 15) is 19.7 Å². The van der Waals surface area contributed by atoms with Crippen LogP contribution in [0.25, 0.3) is 22.5 Å². The SMILES string of the molecule is Cc1nc(C)c2c(n1)N(Cc1ccc(-c3ccccc3-c3nnn(C(=O)OCCOCCO[N+](=O)[O-])n3)cc1)C(=O)CC2. The van der Waals surface area contributed by atoms with Crippen LogP contribution in [0.1, 0.15) is 29.1 Å². The van der Waals surface area contributed by atoms with Gasteiger partial charge in [-0.3, -0.25) is 9.69 Å². The summed E-state index contributed by atoms with van der Waals surface area (Å²) in [6.45, 7) is 3.81. The highest BCUT2D eigenvalue weighted by molar-refractivity contribution is 5.95. The number of carbonyl (C=O) groups is 2. The van der Waals surface area contributed by atoms with Crippen LogP contribution < -0.4 is 4.90 Å². The van der Waals surface area contributed by atoms with Crippen LogP contribution in [-0.2, 0) is 32.1 Å². The summed E-state index contributed by atoms with van der Waals surface area (Å²) in [5.74, 6) is 1.57. The van der Waals surface area contributed by atoms with Crippen molar-refractivity contribution in [3.63, 3.8) is 0 Å². The highest BCUT2D eigenvalue weighted by Crippen LogP contribution is 2.32. The predicted octanol–water partition coefficient (Wildman–Crippen LogP) is 3.10. The molecule has 5 rings (SSSR count). The third-order valence-electron chi connectivity index (χ3n) is 6.68. The Hall–Kier alpha value is -5.31. The Morgan fingerprint density at radius 1 is 0.977 bits per heavy atom. The van der Waals surface area contributed by atoms with Gasteiger partial charge >= 0.3 is 6.09 Å². The van der Waals surface area contributed by atoms with Gasteiger partial charge in [0, 0.05) is 23.2 Å². The maximum absolute atomic E-state index is 12.8. The Bertz CT molecular complexity index is 1640. The van der Waals surface area contributed by atoms with Gasteiger partial charge < -0.3 is 14.3 Å². The number of hydrogen-bond donors (Lipinski definition) is 0. The number of amides is 1.